The van der Waals surface area contributed by atoms with Crippen molar-refractivity contribution in [1.29, 1.82) is 0 Å². The second-order valence-electron chi connectivity index (χ2n) is 8.13. The first-order chi connectivity index (χ1) is 14.9. The summed E-state index contributed by atoms with van der Waals surface area (Å²) in [5.74, 6) is -1.09. The summed E-state index contributed by atoms with van der Waals surface area (Å²) in [4.78, 5) is 31.7. The highest BCUT2D eigenvalue weighted by Gasteiger charge is 2.29. The summed E-state index contributed by atoms with van der Waals surface area (Å²) in [7, 11) is 0. The Labute approximate surface area is 186 Å². The van der Waals surface area contributed by atoms with E-state index in [1.807, 2.05) is 11.9 Å². The van der Waals surface area contributed by atoms with E-state index in [4.69, 9.17) is 11.6 Å². The summed E-state index contributed by atoms with van der Waals surface area (Å²) in [5, 5.41) is 16.4. The summed E-state index contributed by atoms with van der Waals surface area (Å²) < 4.78 is 15.2. The number of hydrazine groups is 1. The minimum absolute atomic E-state index is 0.00200. The molecule has 1 aliphatic carbocycles. The van der Waals surface area contributed by atoms with E-state index >= 15 is 4.39 Å². The predicted molar refractivity (Wildman–Crippen MR) is 113 cm³/mol. The predicted octanol–water partition coefficient (Wildman–Crippen LogP) is 2.38. The first-order valence-corrected chi connectivity index (χ1v) is 11.2. The topological polar surface area (TPSA) is 102 Å². The molecular weight excluding hydrogens is 427 g/mol. The number of nitrogens with zero attached hydrogens (tertiary/aromatic N) is 5. The van der Waals surface area contributed by atoms with Crippen LogP contribution < -0.4 is 10.3 Å². The van der Waals surface area contributed by atoms with Crippen LogP contribution in [-0.2, 0) is 16.1 Å². The summed E-state index contributed by atoms with van der Waals surface area (Å²) in [6, 6.07) is 0. The number of hydroxylamine groups is 2. The van der Waals surface area contributed by atoms with Crippen LogP contribution in [0, 0.1) is 17.7 Å². The van der Waals surface area contributed by atoms with Gasteiger partial charge in [-0.1, -0.05) is 32.6 Å². The van der Waals surface area contributed by atoms with Gasteiger partial charge in [-0.25, -0.2) is 19.4 Å². The summed E-state index contributed by atoms with van der Waals surface area (Å²) >= 11 is 6.04. The largest absolute Gasteiger partial charge is 0.350 e. The molecule has 1 aromatic rings. The van der Waals surface area contributed by atoms with Gasteiger partial charge in [-0.05, 0) is 30.4 Å². The lowest BCUT2D eigenvalue weighted by molar-refractivity contribution is -0.155. The molecule has 2 amide bonds. The minimum Gasteiger partial charge on any atom is -0.350 e. The molecule has 0 unspecified atom stereocenters. The molecule has 9 nitrogen and oxygen atoms in total. The highest BCUT2D eigenvalue weighted by molar-refractivity contribution is 6.28. The van der Waals surface area contributed by atoms with Crippen molar-refractivity contribution in [3.05, 3.63) is 16.8 Å². The van der Waals surface area contributed by atoms with Crippen LogP contribution in [-0.4, -0.2) is 63.7 Å². The van der Waals surface area contributed by atoms with E-state index in [9.17, 15) is 14.8 Å². The number of halogens is 2. The average Bonchev–Trinajstić information content (AvgIpc) is 3.44. The number of hydrogen-bond acceptors (Lipinski definition) is 7. The monoisotopic (exact) mass is 456 g/mol. The highest BCUT2D eigenvalue weighted by atomic mass is 35.5. The second kappa shape index (κ2) is 11.0. The fraction of sp³-hybridized carbons (Fsp3) is 0.700. The van der Waals surface area contributed by atoms with E-state index in [0.29, 0.717) is 30.5 Å². The van der Waals surface area contributed by atoms with Gasteiger partial charge in [0.15, 0.2) is 11.6 Å². The van der Waals surface area contributed by atoms with Crippen molar-refractivity contribution in [1.82, 2.24) is 25.4 Å². The molecule has 1 aliphatic heterocycles. The maximum absolute atomic E-state index is 15.2. The second-order valence-corrected chi connectivity index (χ2v) is 8.47. The number of anilines is 1. The van der Waals surface area contributed by atoms with Gasteiger partial charge in [-0.15, -0.1) is 0 Å². The Hall–Kier alpha value is -2.04. The molecule has 0 bridgehead atoms. The Morgan fingerprint density at radius 3 is 2.77 bits per heavy atom. The number of amides is 2. The number of aromatic nitrogens is 2. The SMILES string of the molecule is CCN1CCCN1c1nc(Cl)nc(CNC(=O)[C@H](CC2CCCC2)CN(O)C=O)c1F. The van der Waals surface area contributed by atoms with Crippen LogP contribution in [0.3, 0.4) is 0 Å². The van der Waals surface area contributed by atoms with Crippen molar-refractivity contribution in [3.63, 3.8) is 0 Å². The van der Waals surface area contributed by atoms with Crippen LogP contribution in [0.15, 0.2) is 0 Å². The number of rotatable bonds is 10. The molecule has 31 heavy (non-hydrogen) atoms. The van der Waals surface area contributed by atoms with Crippen molar-refractivity contribution >= 4 is 29.7 Å². The third-order valence-electron chi connectivity index (χ3n) is 6.03. The van der Waals surface area contributed by atoms with Gasteiger partial charge in [0.25, 0.3) is 0 Å². The fourth-order valence-electron chi connectivity index (χ4n) is 4.47. The molecule has 1 aromatic heterocycles. The maximum atomic E-state index is 15.2. The van der Waals surface area contributed by atoms with Gasteiger partial charge >= 0.3 is 0 Å². The molecule has 11 heteroatoms. The lowest BCUT2D eigenvalue weighted by Crippen LogP contribution is -2.39. The van der Waals surface area contributed by atoms with Crippen LogP contribution in [0.5, 0.6) is 0 Å². The van der Waals surface area contributed by atoms with Crippen LogP contribution in [0.1, 0.15) is 51.1 Å². The van der Waals surface area contributed by atoms with Gasteiger partial charge in [0.05, 0.1) is 19.0 Å². The first-order valence-electron chi connectivity index (χ1n) is 10.9. The molecule has 1 saturated carbocycles. The number of nitrogens with one attached hydrogen (secondary N) is 1. The number of carbonyl (C=O) groups excluding carboxylic acids is 2. The standard InChI is InChI=1S/C20H30ClFN6O3/c1-2-26-8-5-9-28(26)18-17(22)16(24-20(21)25-18)11-23-19(30)15(12-27(31)13-29)10-14-6-3-4-7-14/h13-15,31H,2-12H2,1H3,(H,23,30)/t15-/m1/s1. The van der Waals surface area contributed by atoms with E-state index in [2.05, 4.69) is 15.3 Å². The van der Waals surface area contributed by atoms with E-state index in [-0.39, 0.29) is 42.2 Å². The Kier molecular flexibility index (Phi) is 8.39. The van der Waals surface area contributed by atoms with Crippen LogP contribution >= 0.6 is 11.6 Å². The maximum Gasteiger partial charge on any atom is 0.233 e. The molecule has 0 aromatic carbocycles. The first kappa shape index (κ1) is 23.6. The molecule has 0 radical (unpaired) electrons. The van der Waals surface area contributed by atoms with Gasteiger partial charge in [0, 0.05) is 19.6 Å². The van der Waals surface area contributed by atoms with Gasteiger partial charge in [0.2, 0.25) is 17.6 Å². The lowest BCUT2D eigenvalue weighted by Gasteiger charge is -2.28. The highest BCUT2D eigenvalue weighted by Crippen LogP contribution is 2.31. The van der Waals surface area contributed by atoms with Gasteiger partial charge in [-0.3, -0.25) is 19.8 Å². The van der Waals surface area contributed by atoms with Gasteiger partial charge < -0.3 is 5.32 Å². The zero-order valence-corrected chi connectivity index (χ0v) is 18.5. The molecule has 0 spiro atoms. The summed E-state index contributed by atoms with van der Waals surface area (Å²) in [5.41, 5.74) is 0.00200. The smallest absolute Gasteiger partial charge is 0.233 e. The van der Waals surface area contributed by atoms with Gasteiger partial charge in [-0.2, -0.15) is 4.98 Å². The fourth-order valence-corrected chi connectivity index (χ4v) is 4.65. The Morgan fingerprint density at radius 1 is 1.35 bits per heavy atom. The van der Waals surface area contributed by atoms with Crippen LogP contribution in [0.4, 0.5) is 10.2 Å². The summed E-state index contributed by atoms with van der Waals surface area (Å²) in [6.45, 7) is 3.86. The van der Waals surface area contributed by atoms with Crippen molar-refractivity contribution in [2.75, 3.05) is 31.2 Å². The molecule has 2 fully saturated rings. The Morgan fingerprint density at radius 2 is 2.10 bits per heavy atom. The molecule has 3 rings (SSSR count). The third kappa shape index (κ3) is 6.02. The van der Waals surface area contributed by atoms with E-state index in [1.54, 1.807) is 5.01 Å². The third-order valence-corrected chi connectivity index (χ3v) is 6.20. The zero-order chi connectivity index (χ0) is 22.4. The van der Waals surface area contributed by atoms with Crippen molar-refractivity contribution in [2.45, 2.75) is 52.0 Å². The quantitative estimate of drug-likeness (QED) is 0.241. The van der Waals surface area contributed by atoms with Crippen molar-refractivity contribution in [2.24, 2.45) is 11.8 Å². The molecule has 2 aliphatic rings. The number of hydrogen-bond donors (Lipinski definition) is 2. The van der Waals surface area contributed by atoms with Gasteiger partial charge in [0.1, 0.15) is 5.69 Å². The van der Waals surface area contributed by atoms with E-state index in [1.165, 1.54) is 0 Å². The van der Waals surface area contributed by atoms with E-state index < -0.39 is 11.7 Å². The molecule has 1 saturated heterocycles. The van der Waals surface area contributed by atoms with Crippen LogP contribution in [0.25, 0.3) is 0 Å². The zero-order valence-electron chi connectivity index (χ0n) is 17.8. The Bertz CT molecular complexity index is 780. The molecule has 172 valence electrons. The normalized spacial score (nSPS) is 18.4. The number of carbonyl (C=O) groups is 2. The molecule has 1 atom stereocenters. The van der Waals surface area contributed by atoms with Crippen molar-refractivity contribution in [3.8, 4) is 0 Å². The lowest BCUT2D eigenvalue weighted by atomic mass is 9.92. The molecule has 2 N–H and O–H groups in total. The molecular formula is C20H30ClFN6O3. The molecule has 2 heterocycles. The Balaban J connectivity index is 1.70. The summed E-state index contributed by atoms with van der Waals surface area (Å²) in [6.07, 6.45) is 6.02. The van der Waals surface area contributed by atoms with Crippen molar-refractivity contribution < 1.29 is 19.2 Å². The average molecular weight is 457 g/mol. The minimum atomic E-state index is -0.617. The van der Waals surface area contributed by atoms with Crippen LogP contribution in [0.2, 0.25) is 5.28 Å². The van der Waals surface area contributed by atoms with E-state index in [0.717, 1.165) is 38.6 Å².